The van der Waals surface area contributed by atoms with E-state index in [9.17, 15) is 4.79 Å². The van der Waals surface area contributed by atoms with E-state index in [1.807, 2.05) is 11.0 Å². The zero-order valence-electron chi connectivity index (χ0n) is 9.75. The number of rotatable bonds is 1. The summed E-state index contributed by atoms with van der Waals surface area (Å²) in [5.41, 5.74) is 6.76. The molecule has 3 fully saturated rings. The Morgan fingerprint density at radius 2 is 2.35 bits per heavy atom. The highest BCUT2D eigenvalue weighted by Gasteiger charge is 2.40. The normalized spacial score (nSPS) is 31.6. The second-order valence-electron chi connectivity index (χ2n) is 5.09. The van der Waals surface area contributed by atoms with Gasteiger partial charge in [-0.2, -0.15) is 0 Å². The van der Waals surface area contributed by atoms with E-state index in [1.165, 1.54) is 6.42 Å². The van der Waals surface area contributed by atoms with Crippen molar-refractivity contribution in [3.8, 4) is 0 Å². The quantitative estimate of drug-likeness (QED) is 0.785. The van der Waals surface area contributed by atoms with Crippen molar-refractivity contribution in [3.63, 3.8) is 0 Å². The fourth-order valence-electron chi connectivity index (χ4n) is 3.06. The molecule has 2 aliphatic heterocycles. The third-order valence-corrected chi connectivity index (χ3v) is 4.06. The Labute approximate surface area is 101 Å². The van der Waals surface area contributed by atoms with Crippen LogP contribution in [0.4, 0.5) is 0 Å². The van der Waals surface area contributed by atoms with Crippen LogP contribution in [-0.2, 0) is 0 Å². The predicted octanol–water partition coefficient (Wildman–Crippen LogP) is 1.03. The molecule has 17 heavy (non-hydrogen) atoms. The summed E-state index contributed by atoms with van der Waals surface area (Å²) < 4.78 is 0. The molecule has 0 spiro atoms. The molecule has 0 radical (unpaired) electrons. The summed E-state index contributed by atoms with van der Waals surface area (Å²) in [7, 11) is 0. The Bertz CT molecular complexity index is 420. The van der Waals surface area contributed by atoms with Crippen LogP contribution in [-0.4, -0.2) is 34.4 Å². The van der Waals surface area contributed by atoms with Crippen molar-refractivity contribution >= 4 is 5.91 Å². The molecule has 90 valence electrons. The molecule has 2 bridgehead atoms. The van der Waals surface area contributed by atoms with Crippen molar-refractivity contribution in [2.45, 2.75) is 31.3 Å². The maximum Gasteiger partial charge on any atom is 0.255 e. The molecule has 1 saturated carbocycles. The summed E-state index contributed by atoms with van der Waals surface area (Å²) >= 11 is 0. The molecule has 1 amide bonds. The van der Waals surface area contributed by atoms with E-state index in [4.69, 9.17) is 5.73 Å². The van der Waals surface area contributed by atoms with Gasteiger partial charge in [0.15, 0.2) is 0 Å². The summed E-state index contributed by atoms with van der Waals surface area (Å²) in [6.45, 7) is 0.819. The molecule has 4 nitrogen and oxygen atoms in total. The molecular formula is C13H17N3O. The lowest BCUT2D eigenvalue weighted by molar-refractivity contribution is 0.0261. The SMILES string of the molecule is NC1CC2CCC1CN2C(=O)c1cccnc1. The van der Waals surface area contributed by atoms with Crippen LogP contribution in [0.2, 0.25) is 0 Å². The van der Waals surface area contributed by atoms with Crippen molar-refractivity contribution in [2.24, 2.45) is 11.7 Å². The van der Waals surface area contributed by atoms with E-state index in [2.05, 4.69) is 4.98 Å². The van der Waals surface area contributed by atoms with Crippen LogP contribution in [0.1, 0.15) is 29.6 Å². The van der Waals surface area contributed by atoms with Gasteiger partial charge < -0.3 is 10.6 Å². The van der Waals surface area contributed by atoms with Gasteiger partial charge in [0.25, 0.3) is 5.91 Å². The fourth-order valence-corrected chi connectivity index (χ4v) is 3.06. The number of carbonyl (C=O) groups is 1. The number of fused-ring (bicyclic) bond motifs is 3. The van der Waals surface area contributed by atoms with E-state index in [0.717, 1.165) is 19.4 Å². The van der Waals surface area contributed by atoms with Crippen LogP contribution in [0.15, 0.2) is 24.5 Å². The second-order valence-corrected chi connectivity index (χ2v) is 5.09. The largest absolute Gasteiger partial charge is 0.335 e. The lowest BCUT2D eigenvalue weighted by atomic mass is 9.76. The number of piperidine rings is 2. The summed E-state index contributed by atoms with van der Waals surface area (Å²) in [6.07, 6.45) is 6.56. The van der Waals surface area contributed by atoms with E-state index >= 15 is 0 Å². The standard InChI is InChI=1S/C13H17N3O/c14-12-6-11-4-3-10(12)8-16(11)13(17)9-2-1-5-15-7-9/h1-2,5,7,10-12H,3-4,6,8,14H2. The van der Waals surface area contributed by atoms with Crippen molar-refractivity contribution < 1.29 is 4.79 Å². The van der Waals surface area contributed by atoms with Crippen molar-refractivity contribution in [3.05, 3.63) is 30.1 Å². The minimum Gasteiger partial charge on any atom is -0.335 e. The van der Waals surface area contributed by atoms with Gasteiger partial charge in [-0.05, 0) is 37.3 Å². The van der Waals surface area contributed by atoms with Crippen LogP contribution >= 0.6 is 0 Å². The van der Waals surface area contributed by atoms with Gasteiger partial charge in [0.1, 0.15) is 0 Å². The third kappa shape index (κ3) is 1.82. The molecule has 2 saturated heterocycles. The summed E-state index contributed by atoms with van der Waals surface area (Å²) in [6, 6.07) is 4.26. The zero-order chi connectivity index (χ0) is 11.8. The molecule has 3 unspecified atom stereocenters. The maximum absolute atomic E-state index is 12.3. The Kier molecular flexibility index (Phi) is 2.59. The Balaban J connectivity index is 1.80. The summed E-state index contributed by atoms with van der Waals surface area (Å²) in [5, 5.41) is 0. The van der Waals surface area contributed by atoms with E-state index in [-0.39, 0.29) is 11.9 Å². The topological polar surface area (TPSA) is 59.2 Å². The van der Waals surface area contributed by atoms with Gasteiger partial charge in [-0.1, -0.05) is 0 Å². The third-order valence-electron chi connectivity index (χ3n) is 4.06. The first-order valence-corrected chi connectivity index (χ1v) is 6.22. The molecule has 3 heterocycles. The summed E-state index contributed by atoms with van der Waals surface area (Å²) in [5.74, 6) is 0.598. The van der Waals surface area contributed by atoms with Crippen LogP contribution in [0, 0.1) is 5.92 Å². The van der Waals surface area contributed by atoms with Crippen LogP contribution in [0.3, 0.4) is 0 Å². The molecule has 4 rings (SSSR count). The molecule has 2 N–H and O–H groups in total. The molecule has 4 heteroatoms. The molecular weight excluding hydrogens is 214 g/mol. The number of hydrogen-bond acceptors (Lipinski definition) is 3. The van der Waals surface area contributed by atoms with Gasteiger partial charge in [-0.25, -0.2) is 0 Å². The van der Waals surface area contributed by atoms with E-state index in [1.54, 1.807) is 18.5 Å². The number of aromatic nitrogens is 1. The van der Waals surface area contributed by atoms with E-state index < -0.39 is 0 Å². The van der Waals surface area contributed by atoms with E-state index in [0.29, 0.717) is 17.5 Å². The van der Waals surface area contributed by atoms with Gasteiger partial charge in [0.05, 0.1) is 5.56 Å². The average Bonchev–Trinajstić information content (AvgIpc) is 2.39. The monoisotopic (exact) mass is 231 g/mol. The van der Waals surface area contributed by atoms with Crippen molar-refractivity contribution in [2.75, 3.05) is 6.54 Å². The molecule has 1 aromatic heterocycles. The molecule has 1 aromatic rings. The molecule has 3 atom stereocenters. The molecule has 0 aromatic carbocycles. The Morgan fingerprint density at radius 3 is 2.94 bits per heavy atom. The van der Waals surface area contributed by atoms with Gasteiger partial charge in [-0.3, -0.25) is 9.78 Å². The number of nitrogens with zero attached hydrogens (tertiary/aromatic N) is 2. The van der Waals surface area contributed by atoms with Crippen molar-refractivity contribution in [1.29, 1.82) is 0 Å². The van der Waals surface area contributed by atoms with Gasteiger partial charge in [0.2, 0.25) is 0 Å². The van der Waals surface area contributed by atoms with Crippen LogP contribution in [0.25, 0.3) is 0 Å². The highest BCUT2D eigenvalue weighted by molar-refractivity contribution is 5.94. The fraction of sp³-hybridized carbons (Fsp3) is 0.538. The number of pyridine rings is 1. The lowest BCUT2D eigenvalue weighted by Crippen LogP contribution is -2.58. The number of carbonyl (C=O) groups excluding carboxylic acids is 1. The number of nitrogens with two attached hydrogens (primary N) is 1. The first kappa shape index (κ1) is 10.7. The van der Waals surface area contributed by atoms with Crippen molar-refractivity contribution in [1.82, 2.24) is 9.88 Å². The first-order chi connectivity index (χ1) is 8.25. The number of amides is 1. The predicted molar refractivity (Wildman–Crippen MR) is 64.4 cm³/mol. The van der Waals surface area contributed by atoms with Gasteiger partial charge in [0, 0.05) is 31.0 Å². The smallest absolute Gasteiger partial charge is 0.255 e. The molecule has 1 aliphatic carbocycles. The second kappa shape index (κ2) is 4.11. The lowest BCUT2D eigenvalue weighted by Gasteiger charge is -2.48. The van der Waals surface area contributed by atoms with Crippen LogP contribution < -0.4 is 5.73 Å². The zero-order valence-corrected chi connectivity index (χ0v) is 9.75. The van der Waals surface area contributed by atoms with Gasteiger partial charge >= 0.3 is 0 Å². The number of hydrogen-bond donors (Lipinski definition) is 1. The maximum atomic E-state index is 12.3. The Hall–Kier alpha value is -1.42. The Morgan fingerprint density at radius 1 is 1.47 bits per heavy atom. The summed E-state index contributed by atoms with van der Waals surface area (Å²) in [4.78, 5) is 18.3. The van der Waals surface area contributed by atoms with Gasteiger partial charge in [-0.15, -0.1) is 0 Å². The first-order valence-electron chi connectivity index (χ1n) is 6.22. The minimum atomic E-state index is 0.111. The van der Waals surface area contributed by atoms with Crippen LogP contribution in [0.5, 0.6) is 0 Å². The minimum absolute atomic E-state index is 0.111. The molecule has 3 aliphatic rings. The highest BCUT2D eigenvalue weighted by Crippen LogP contribution is 2.34. The highest BCUT2D eigenvalue weighted by atomic mass is 16.2. The average molecular weight is 231 g/mol.